The van der Waals surface area contributed by atoms with Gasteiger partial charge in [0.15, 0.2) is 0 Å². The molecule has 2 fully saturated rings. The van der Waals surface area contributed by atoms with Crippen LogP contribution in [0.4, 0.5) is 24.7 Å². The molecule has 0 spiro atoms. The number of fused-ring (bicyclic) bond motifs is 1. The van der Waals surface area contributed by atoms with Gasteiger partial charge in [0, 0.05) is 49.9 Å². The third-order valence-corrected chi connectivity index (χ3v) is 10.8. The van der Waals surface area contributed by atoms with Gasteiger partial charge in [-0.15, -0.1) is 0 Å². The lowest BCUT2D eigenvalue weighted by molar-refractivity contribution is -0.126. The van der Waals surface area contributed by atoms with Crippen LogP contribution >= 0.6 is 0 Å². The molecule has 1 atom stereocenters. The molecule has 4 aromatic rings. The Balaban J connectivity index is 1.65. The molecule has 1 amide bonds. The van der Waals surface area contributed by atoms with Gasteiger partial charge in [0.25, 0.3) is 0 Å². The number of benzene rings is 2. The fourth-order valence-corrected chi connectivity index (χ4v) is 7.62. The first-order valence-electron chi connectivity index (χ1n) is 14.7. The number of carbonyl (C=O) groups is 1. The Bertz CT molecular complexity index is 2060. The molecule has 10 nitrogen and oxygen atoms in total. The van der Waals surface area contributed by atoms with Gasteiger partial charge in [-0.05, 0) is 63.1 Å². The van der Waals surface area contributed by atoms with Crippen LogP contribution in [0.15, 0.2) is 60.0 Å². The summed E-state index contributed by atoms with van der Waals surface area (Å²) in [6.45, 7) is 7.74. The number of halogens is 3. The first-order valence-corrected chi connectivity index (χ1v) is 16.2. The number of amides is 1. The third kappa shape index (κ3) is 5.19. The standard InChI is InChI=1S/C32H31F3N6O4S/c1-5-28(42)39-13-14-40(18(2)17-39)31-22-15-25(35)21(29-23(33)7-6-8-24(29)34)16-27(22)41(32(43)37-31)30-19(3)36-12-11-26(30)38(4)46(44,45)20-9-10-20/h5-8,11-12,15-16,18,20H,1,9-10,13-14,17H2,2-4H3/t18-/m0/s1. The summed E-state index contributed by atoms with van der Waals surface area (Å²) in [5.74, 6) is -3.13. The Morgan fingerprint density at radius 2 is 1.78 bits per heavy atom. The molecule has 240 valence electrons. The molecule has 1 saturated heterocycles. The predicted octanol–water partition coefficient (Wildman–Crippen LogP) is 4.32. The van der Waals surface area contributed by atoms with E-state index in [4.69, 9.17) is 0 Å². The Kier molecular flexibility index (Phi) is 7.87. The van der Waals surface area contributed by atoms with Gasteiger partial charge in [-0.25, -0.2) is 26.4 Å². The number of anilines is 2. The predicted molar refractivity (Wildman–Crippen MR) is 169 cm³/mol. The van der Waals surface area contributed by atoms with Gasteiger partial charge in [0.1, 0.15) is 23.3 Å². The van der Waals surface area contributed by atoms with E-state index in [1.165, 1.54) is 31.5 Å². The molecule has 14 heteroatoms. The summed E-state index contributed by atoms with van der Waals surface area (Å²) in [5, 5.41) is -0.430. The molecular formula is C32H31F3N6O4S. The van der Waals surface area contributed by atoms with E-state index < -0.39 is 49.5 Å². The highest BCUT2D eigenvalue weighted by molar-refractivity contribution is 7.93. The number of piperazine rings is 1. The molecule has 0 unspecified atom stereocenters. The topological polar surface area (TPSA) is 109 Å². The van der Waals surface area contributed by atoms with Crippen LogP contribution in [0.25, 0.3) is 27.7 Å². The van der Waals surface area contributed by atoms with E-state index >= 15 is 4.39 Å². The van der Waals surface area contributed by atoms with Crippen molar-refractivity contribution in [3.63, 3.8) is 0 Å². The summed E-state index contributed by atoms with van der Waals surface area (Å²) < 4.78 is 74.8. The van der Waals surface area contributed by atoms with Crippen molar-refractivity contribution < 1.29 is 26.4 Å². The van der Waals surface area contributed by atoms with Crippen LogP contribution in [-0.2, 0) is 14.8 Å². The normalized spacial score (nSPS) is 17.0. The minimum absolute atomic E-state index is 0.0282. The zero-order valence-corrected chi connectivity index (χ0v) is 26.2. The highest BCUT2D eigenvalue weighted by Crippen LogP contribution is 2.39. The van der Waals surface area contributed by atoms with Crippen molar-refractivity contribution in [1.29, 1.82) is 0 Å². The maximum Gasteiger partial charge on any atom is 0.354 e. The molecule has 2 aromatic carbocycles. The van der Waals surface area contributed by atoms with Crippen LogP contribution in [0.3, 0.4) is 0 Å². The van der Waals surface area contributed by atoms with Crippen molar-refractivity contribution in [2.75, 3.05) is 35.9 Å². The van der Waals surface area contributed by atoms with Gasteiger partial charge in [0.05, 0.1) is 33.4 Å². The van der Waals surface area contributed by atoms with Crippen LogP contribution < -0.4 is 14.9 Å². The van der Waals surface area contributed by atoms with Gasteiger partial charge in [-0.3, -0.25) is 18.7 Å². The lowest BCUT2D eigenvalue weighted by atomic mass is 10.0. The molecule has 2 aromatic heterocycles. The van der Waals surface area contributed by atoms with Crippen molar-refractivity contribution in [3.05, 3.63) is 88.9 Å². The number of pyridine rings is 1. The first kappa shape index (κ1) is 31.3. The van der Waals surface area contributed by atoms with E-state index in [1.54, 1.807) is 16.7 Å². The van der Waals surface area contributed by atoms with Gasteiger partial charge in [0.2, 0.25) is 15.9 Å². The lowest BCUT2D eigenvalue weighted by Gasteiger charge is -2.40. The summed E-state index contributed by atoms with van der Waals surface area (Å²) in [5.41, 5.74) is -1.41. The van der Waals surface area contributed by atoms with Gasteiger partial charge in [-0.1, -0.05) is 12.6 Å². The van der Waals surface area contributed by atoms with Crippen LogP contribution in [0.2, 0.25) is 0 Å². The number of hydrogen-bond acceptors (Lipinski definition) is 7. The molecule has 6 rings (SSSR count). The SMILES string of the molecule is C=CC(=O)N1CCN(c2nc(=O)n(-c3c(N(C)S(=O)(=O)C4CC4)ccnc3C)c3cc(-c4c(F)cccc4F)c(F)cc23)[C@@H](C)C1. The molecule has 2 aliphatic rings. The summed E-state index contributed by atoms with van der Waals surface area (Å²) in [6, 6.07) is 6.49. The second kappa shape index (κ2) is 11.6. The summed E-state index contributed by atoms with van der Waals surface area (Å²) in [4.78, 5) is 38.5. The minimum Gasteiger partial charge on any atom is -0.350 e. The number of aryl methyl sites for hydroxylation is 1. The van der Waals surface area contributed by atoms with Crippen molar-refractivity contribution in [2.24, 2.45) is 0 Å². The maximum atomic E-state index is 16.0. The van der Waals surface area contributed by atoms with Gasteiger partial charge in [-0.2, -0.15) is 4.98 Å². The average molecular weight is 653 g/mol. The van der Waals surface area contributed by atoms with Crippen LogP contribution in [0.1, 0.15) is 25.5 Å². The Labute approximate surface area is 263 Å². The van der Waals surface area contributed by atoms with Crippen LogP contribution in [0.5, 0.6) is 0 Å². The van der Waals surface area contributed by atoms with E-state index in [9.17, 15) is 26.8 Å². The first-order chi connectivity index (χ1) is 21.8. The number of carbonyl (C=O) groups excluding carboxylic acids is 1. The molecule has 1 aliphatic heterocycles. The number of hydrogen-bond donors (Lipinski definition) is 0. The molecule has 0 radical (unpaired) electrons. The van der Waals surface area contributed by atoms with Crippen LogP contribution in [-0.4, -0.2) is 71.7 Å². The summed E-state index contributed by atoms with van der Waals surface area (Å²) in [6.07, 6.45) is 3.63. The van der Waals surface area contributed by atoms with Crippen molar-refractivity contribution in [3.8, 4) is 16.8 Å². The zero-order valence-electron chi connectivity index (χ0n) is 25.4. The van der Waals surface area contributed by atoms with E-state index in [0.29, 0.717) is 12.8 Å². The van der Waals surface area contributed by atoms with Crippen molar-refractivity contribution in [1.82, 2.24) is 19.4 Å². The molecule has 3 heterocycles. The Hall–Kier alpha value is -4.72. The van der Waals surface area contributed by atoms with E-state index in [-0.39, 0.29) is 65.4 Å². The fourth-order valence-electron chi connectivity index (χ4n) is 6.02. The highest BCUT2D eigenvalue weighted by atomic mass is 32.2. The van der Waals surface area contributed by atoms with Crippen LogP contribution in [0, 0.1) is 24.4 Å². The Morgan fingerprint density at radius 1 is 1.09 bits per heavy atom. The number of aromatic nitrogens is 3. The van der Waals surface area contributed by atoms with Crippen molar-refractivity contribution in [2.45, 2.75) is 38.0 Å². The smallest absolute Gasteiger partial charge is 0.350 e. The van der Waals surface area contributed by atoms with E-state index in [1.807, 2.05) is 6.92 Å². The van der Waals surface area contributed by atoms with E-state index in [2.05, 4.69) is 16.5 Å². The highest BCUT2D eigenvalue weighted by Gasteiger charge is 2.40. The average Bonchev–Trinajstić information content (AvgIpc) is 3.87. The van der Waals surface area contributed by atoms with E-state index in [0.717, 1.165) is 33.1 Å². The fraction of sp³-hybridized carbons (Fsp3) is 0.312. The number of sulfonamides is 1. The summed E-state index contributed by atoms with van der Waals surface area (Å²) in [7, 11) is -2.40. The second-order valence-electron chi connectivity index (χ2n) is 11.5. The largest absolute Gasteiger partial charge is 0.354 e. The van der Waals surface area contributed by atoms with Gasteiger partial charge >= 0.3 is 5.69 Å². The number of rotatable bonds is 7. The third-order valence-electron chi connectivity index (χ3n) is 8.55. The molecule has 0 N–H and O–H groups in total. The van der Waals surface area contributed by atoms with Gasteiger partial charge < -0.3 is 9.80 Å². The second-order valence-corrected chi connectivity index (χ2v) is 13.8. The number of nitrogens with zero attached hydrogens (tertiary/aromatic N) is 6. The molecule has 1 aliphatic carbocycles. The Morgan fingerprint density at radius 3 is 2.41 bits per heavy atom. The molecule has 1 saturated carbocycles. The zero-order chi connectivity index (χ0) is 33.1. The quantitative estimate of drug-likeness (QED) is 0.274. The summed E-state index contributed by atoms with van der Waals surface area (Å²) >= 11 is 0. The molecule has 0 bridgehead atoms. The monoisotopic (exact) mass is 652 g/mol. The van der Waals surface area contributed by atoms with Crippen molar-refractivity contribution >= 4 is 38.3 Å². The minimum atomic E-state index is -3.79. The maximum absolute atomic E-state index is 16.0. The molecular weight excluding hydrogens is 621 g/mol. The molecule has 46 heavy (non-hydrogen) atoms. The lowest BCUT2D eigenvalue weighted by Crippen LogP contribution is -2.54.